The maximum Gasteiger partial charge on any atom is 0.0438 e. The van der Waals surface area contributed by atoms with Crippen LogP contribution in [0.4, 0.5) is 0 Å². The predicted molar refractivity (Wildman–Crippen MR) is 73.1 cm³/mol. The van der Waals surface area contributed by atoms with Crippen molar-refractivity contribution in [3.05, 3.63) is 0 Å². The van der Waals surface area contributed by atoms with E-state index in [2.05, 4.69) is 12.2 Å². The van der Waals surface area contributed by atoms with Crippen LogP contribution in [-0.4, -0.2) is 35.8 Å². The molecular formula is C13H27NOS. The zero-order valence-corrected chi connectivity index (χ0v) is 11.4. The maximum absolute atomic E-state index is 8.65. The molecule has 2 atom stereocenters. The molecule has 16 heavy (non-hydrogen) atoms. The average Bonchev–Trinajstić information content (AvgIpc) is 2.34. The summed E-state index contributed by atoms with van der Waals surface area (Å²) >= 11 is 1.95. The first-order valence-electron chi connectivity index (χ1n) is 6.78. The van der Waals surface area contributed by atoms with E-state index in [9.17, 15) is 0 Å². The Hall–Kier alpha value is 0.270. The summed E-state index contributed by atoms with van der Waals surface area (Å²) < 4.78 is 0. The Bertz CT molecular complexity index is 166. The Balaban J connectivity index is 1.95. The lowest BCUT2D eigenvalue weighted by molar-refractivity contribution is 0.283. The molecule has 2 N–H and O–H groups in total. The molecule has 1 rings (SSSR count). The van der Waals surface area contributed by atoms with Gasteiger partial charge in [-0.2, -0.15) is 11.8 Å². The van der Waals surface area contributed by atoms with Crippen molar-refractivity contribution in [2.45, 2.75) is 51.5 Å². The Morgan fingerprint density at radius 1 is 1.31 bits per heavy atom. The molecule has 0 amide bonds. The third-order valence-corrected chi connectivity index (χ3v) is 4.56. The van der Waals surface area contributed by atoms with Crippen LogP contribution in [0.25, 0.3) is 0 Å². The molecule has 0 radical (unpaired) electrons. The second kappa shape index (κ2) is 9.32. The second-order valence-corrected chi connectivity index (χ2v) is 6.01. The van der Waals surface area contributed by atoms with Crippen LogP contribution in [0.3, 0.4) is 0 Å². The number of aliphatic hydroxyl groups excluding tert-OH is 1. The number of thioether (sulfide) groups is 1. The zero-order valence-electron chi connectivity index (χ0n) is 10.6. The lowest BCUT2D eigenvalue weighted by atomic mass is 9.84. The molecule has 0 aromatic carbocycles. The van der Waals surface area contributed by atoms with Crippen molar-refractivity contribution in [1.29, 1.82) is 0 Å². The summed E-state index contributed by atoms with van der Waals surface area (Å²) in [6.45, 7) is 3.79. The van der Waals surface area contributed by atoms with Crippen molar-refractivity contribution in [3.63, 3.8) is 0 Å². The lowest BCUT2D eigenvalue weighted by Gasteiger charge is -2.29. The summed E-state index contributed by atoms with van der Waals surface area (Å²) in [7, 11) is 0. The molecule has 96 valence electrons. The minimum absolute atomic E-state index is 0.335. The molecule has 0 bridgehead atoms. The second-order valence-electron chi connectivity index (χ2n) is 4.78. The molecule has 1 saturated carbocycles. The summed E-state index contributed by atoms with van der Waals surface area (Å²) in [5.74, 6) is 3.25. The number of rotatable bonds is 8. The molecule has 2 nitrogen and oxygen atoms in total. The highest BCUT2D eigenvalue weighted by Gasteiger charge is 2.19. The first-order chi connectivity index (χ1) is 7.86. The van der Waals surface area contributed by atoms with Gasteiger partial charge in [0.15, 0.2) is 0 Å². The third kappa shape index (κ3) is 6.12. The van der Waals surface area contributed by atoms with Crippen LogP contribution >= 0.6 is 11.8 Å². The molecule has 1 aliphatic rings. The Morgan fingerprint density at radius 3 is 2.94 bits per heavy atom. The van der Waals surface area contributed by atoms with Crippen molar-refractivity contribution in [1.82, 2.24) is 5.32 Å². The van der Waals surface area contributed by atoms with Crippen LogP contribution < -0.4 is 5.32 Å². The highest BCUT2D eigenvalue weighted by atomic mass is 32.2. The lowest BCUT2D eigenvalue weighted by Crippen LogP contribution is -2.35. The van der Waals surface area contributed by atoms with Gasteiger partial charge in [0.05, 0.1) is 0 Å². The maximum atomic E-state index is 8.65. The summed E-state index contributed by atoms with van der Waals surface area (Å²) in [6.07, 6.45) is 7.90. The van der Waals surface area contributed by atoms with Gasteiger partial charge < -0.3 is 10.4 Å². The van der Waals surface area contributed by atoms with E-state index in [4.69, 9.17) is 5.11 Å². The van der Waals surface area contributed by atoms with Gasteiger partial charge in [-0.05, 0) is 30.9 Å². The standard InChI is InChI=1S/C13H27NOS/c1-2-12-5-3-6-13(11-12)14-7-10-16-9-4-8-15/h12-15H,2-11H2,1H3. The fraction of sp³-hybridized carbons (Fsp3) is 1.00. The first-order valence-corrected chi connectivity index (χ1v) is 7.94. The molecule has 0 spiro atoms. The molecule has 1 aliphatic carbocycles. The molecule has 0 saturated heterocycles. The molecule has 0 aromatic rings. The fourth-order valence-corrected chi connectivity index (χ4v) is 3.25. The van der Waals surface area contributed by atoms with E-state index in [1.54, 1.807) is 0 Å². The first kappa shape index (κ1) is 14.3. The van der Waals surface area contributed by atoms with Crippen molar-refractivity contribution in [2.75, 3.05) is 24.7 Å². The van der Waals surface area contributed by atoms with Crippen molar-refractivity contribution in [3.8, 4) is 0 Å². The smallest absolute Gasteiger partial charge is 0.0438 e. The van der Waals surface area contributed by atoms with E-state index in [0.29, 0.717) is 6.61 Å². The van der Waals surface area contributed by atoms with Crippen molar-refractivity contribution in [2.24, 2.45) is 5.92 Å². The Kier molecular flexibility index (Phi) is 8.34. The quantitative estimate of drug-likeness (QED) is 0.645. The van der Waals surface area contributed by atoms with Crippen LogP contribution in [0.1, 0.15) is 45.4 Å². The molecule has 0 aromatic heterocycles. The van der Waals surface area contributed by atoms with Crippen LogP contribution in [0.2, 0.25) is 0 Å². The van der Waals surface area contributed by atoms with Gasteiger partial charge in [0.25, 0.3) is 0 Å². The minimum atomic E-state index is 0.335. The highest BCUT2D eigenvalue weighted by Crippen LogP contribution is 2.26. The van der Waals surface area contributed by atoms with Gasteiger partial charge >= 0.3 is 0 Å². The average molecular weight is 245 g/mol. The Morgan fingerprint density at radius 2 is 2.19 bits per heavy atom. The van der Waals surface area contributed by atoms with Crippen LogP contribution in [0.15, 0.2) is 0 Å². The monoisotopic (exact) mass is 245 g/mol. The number of hydrogen-bond donors (Lipinski definition) is 2. The van der Waals surface area contributed by atoms with Gasteiger partial charge in [-0.15, -0.1) is 0 Å². The van der Waals surface area contributed by atoms with Crippen LogP contribution in [-0.2, 0) is 0 Å². The van der Waals surface area contributed by atoms with Crippen molar-refractivity contribution < 1.29 is 5.11 Å². The van der Waals surface area contributed by atoms with E-state index >= 15 is 0 Å². The van der Waals surface area contributed by atoms with E-state index in [-0.39, 0.29) is 0 Å². The largest absolute Gasteiger partial charge is 0.396 e. The van der Waals surface area contributed by atoms with E-state index in [1.807, 2.05) is 11.8 Å². The van der Waals surface area contributed by atoms with E-state index in [1.165, 1.54) is 37.9 Å². The van der Waals surface area contributed by atoms with Gasteiger partial charge in [-0.3, -0.25) is 0 Å². The molecule has 0 heterocycles. The summed E-state index contributed by atoms with van der Waals surface area (Å²) in [5.41, 5.74) is 0. The SMILES string of the molecule is CCC1CCCC(NCCSCCCO)C1. The number of hydrogen-bond acceptors (Lipinski definition) is 3. The predicted octanol–water partition coefficient (Wildman–Crippen LogP) is 2.66. The zero-order chi connectivity index (χ0) is 11.6. The molecule has 1 fully saturated rings. The Labute approximate surface area is 105 Å². The molecule has 0 aliphatic heterocycles. The van der Waals surface area contributed by atoms with Crippen LogP contribution in [0, 0.1) is 5.92 Å². The van der Waals surface area contributed by atoms with E-state index in [0.717, 1.165) is 30.7 Å². The normalized spacial score (nSPS) is 25.9. The van der Waals surface area contributed by atoms with Crippen LogP contribution in [0.5, 0.6) is 0 Å². The van der Waals surface area contributed by atoms with Crippen molar-refractivity contribution >= 4 is 11.8 Å². The topological polar surface area (TPSA) is 32.3 Å². The summed E-state index contributed by atoms with van der Waals surface area (Å²) in [6, 6.07) is 0.775. The molecule has 3 heteroatoms. The number of aliphatic hydroxyl groups is 1. The highest BCUT2D eigenvalue weighted by molar-refractivity contribution is 7.99. The number of nitrogens with one attached hydrogen (secondary N) is 1. The summed E-state index contributed by atoms with van der Waals surface area (Å²) in [5, 5.41) is 12.3. The van der Waals surface area contributed by atoms with Gasteiger partial charge in [0, 0.05) is 24.9 Å². The van der Waals surface area contributed by atoms with Gasteiger partial charge in [-0.1, -0.05) is 26.2 Å². The van der Waals surface area contributed by atoms with Gasteiger partial charge in [-0.25, -0.2) is 0 Å². The van der Waals surface area contributed by atoms with E-state index < -0.39 is 0 Å². The molecule has 2 unspecified atom stereocenters. The van der Waals surface area contributed by atoms with Gasteiger partial charge in [0.1, 0.15) is 0 Å². The van der Waals surface area contributed by atoms with Gasteiger partial charge in [0.2, 0.25) is 0 Å². The minimum Gasteiger partial charge on any atom is -0.396 e. The fourth-order valence-electron chi connectivity index (χ4n) is 2.45. The third-order valence-electron chi connectivity index (χ3n) is 3.49. The summed E-state index contributed by atoms with van der Waals surface area (Å²) in [4.78, 5) is 0. The molecular weight excluding hydrogens is 218 g/mol.